The van der Waals surface area contributed by atoms with E-state index in [0.29, 0.717) is 13.1 Å². The summed E-state index contributed by atoms with van der Waals surface area (Å²) >= 11 is 0. The Kier molecular flexibility index (Phi) is 4.43. The van der Waals surface area contributed by atoms with E-state index >= 15 is 0 Å². The van der Waals surface area contributed by atoms with Crippen molar-refractivity contribution < 1.29 is 23.1 Å². The Morgan fingerprint density at radius 2 is 1.91 bits per heavy atom. The molecule has 22 heavy (non-hydrogen) atoms. The molecule has 1 aromatic rings. The second kappa shape index (κ2) is 5.98. The Bertz CT molecular complexity index is 533. The normalized spacial score (nSPS) is 19.6. The van der Waals surface area contributed by atoms with Gasteiger partial charge in [-0.1, -0.05) is 13.8 Å². The molecule has 0 saturated carbocycles. The number of hydrogen-bond donors (Lipinski definition) is 1. The van der Waals surface area contributed by atoms with Crippen LogP contribution >= 0.6 is 0 Å². The molecule has 1 aromatic heterocycles. The molecule has 1 fully saturated rings. The molecule has 0 radical (unpaired) electrons. The third kappa shape index (κ3) is 3.40. The van der Waals surface area contributed by atoms with E-state index in [0.717, 1.165) is 12.4 Å². The van der Waals surface area contributed by atoms with Gasteiger partial charge >= 0.3 is 12.3 Å². The van der Waals surface area contributed by atoms with Crippen molar-refractivity contribution in [3.8, 4) is 0 Å². The third-order valence-corrected chi connectivity index (χ3v) is 3.68. The van der Waals surface area contributed by atoms with E-state index < -0.39 is 17.8 Å². The number of anilines is 1. The van der Waals surface area contributed by atoms with Crippen molar-refractivity contribution in [1.29, 1.82) is 0 Å². The van der Waals surface area contributed by atoms with E-state index in [1.54, 1.807) is 4.90 Å². The highest BCUT2D eigenvalue weighted by Gasteiger charge is 2.34. The van der Waals surface area contributed by atoms with Crippen LogP contribution in [-0.2, 0) is 6.18 Å². The zero-order chi connectivity index (χ0) is 16.5. The van der Waals surface area contributed by atoms with Gasteiger partial charge in [0.05, 0.1) is 11.6 Å². The molecule has 2 rings (SSSR count). The number of carbonyl (C=O) groups is 1. The Labute approximate surface area is 125 Å². The molecule has 1 N–H and O–H groups in total. The summed E-state index contributed by atoms with van der Waals surface area (Å²) in [6.07, 6.45) is -3.97. The smallest absolute Gasteiger partial charge is 0.419 e. The number of hydrogen-bond acceptors (Lipinski definition) is 4. The van der Waals surface area contributed by atoms with Crippen molar-refractivity contribution in [2.45, 2.75) is 26.1 Å². The molecule has 1 saturated heterocycles. The third-order valence-electron chi connectivity index (χ3n) is 3.68. The monoisotopic (exact) mass is 318 g/mol. The molecule has 1 aliphatic rings. The van der Waals surface area contributed by atoms with E-state index in [9.17, 15) is 23.1 Å². The molecular formula is C13H17F3N4O2. The molecular weight excluding hydrogens is 301 g/mol. The fourth-order valence-electron chi connectivity index (χ4n) is 2.43. The van der Waals surface area contributed by atoms with Gasteiger partial charge in [-0.05, 0) is 5.92 Å². The quantitative estimate of drug-likeness (QED) is 0.906. The van der Waals surface area contributed by atoms with Gasteiger partial charge < -0.3 is 14.9 Å². The number of nitrogens with zero attached hydrogens (tertiary/aromatic N) is 4. The van der Waals surface area contributed by atoms with Crippen LogP contribution in [0.1, 0.15) is 19.4 Å². The summed E-state index contributed by atoms with van der Waals surface area (Å²) in [6.45, 7) is 4.77. The second-order valence-electron chi connectivity index (χ2n) is 5.50. The first-order valence-corrected chi connectivity index (χ1v) is 6.84. The fraction of sp³-hybridized carbons (Fsp3) is 0.615. The topological polar surface area (TPSA) is 69.6 Å². The highest BCUT2D eigenvalue weighted by Crippen LogP contribution is 2.29. The van der Waals surface area contributed by atoms with Crippen LogP contribution in [-0.4, -0.2) is 51.7 Å². The van der Waals surface area contributed by atoms with E-state index in [4.69, 9.17) is 0 Å². The lowest BCUT2D eigenvalue weighted by molar-refractivity contribution is -0.138. The maximum absolute atomic E-state index is 12.5. The van der Waals surface area contributed by atoms with Crippen LogP contribution in [0.4, 0.5) is 23.9 Å². The number of amides is 1. The number of piperazine rings is 1. The van der Waals surface area contributed by atoms with Gasteiger partial charge in [0, 0.05) is 32.0 Å². The molecule has 1 atom stereocenters. The first kappa shape index (κ1) is 16.3. The van der Waals surface area contributed by atoms with Crippen LogP contribution in [0.3, 0.4) is 0 Å². The summed E-state index contributed by atoms with van der Waals surface area (Å²) < 4.78 is 37.5. The van der Waals surface area contributed by atoms with E-state index in [1.165, 1.54) is 4.90 Å². The lowest BCUT2D eigenvalue weighted by Gasteiger charge is -2.41. The number of aromatic nitrogens is 2. The van der Waals surface area contributed by atoms with Crippen LogP contribution < -0.4 is 4.90 Å². The van der Waals surface area contributed by atoms with Gasteiger partial charge in [0.1, 0.15) is 0 Å². The highest BCUT2D eigenvalue weighted by atomic mass is 19.4. The summed E-state index contributed by atoms with van der Waals surface area (Å²) in [5, 5.41) is 9.19. The van der Waals surface area contributed by atoms with Crippen molar-refractivity contribution in [2.24, 2.45) is 5.92 Å². The Hall–Kier alpha value is -2.06. The zero-order valence-corrected chi connectivity index (χ0v) is 12.2. The number of halogens is 3. The average Bonchev–Trinajstić information content (AvgIpc) is 2.45. The molecule has 1 unspecified atom stereocenters. The Morgan fingerprint density at radius 3 is 2.36 bits per heavy atom. The molecule has 6 nitrogen and oxygen atoms in total. The first-order chi connectivity index (χ1) is 10.2. The van der Waals surface area contributed by atoms with Gasteiger partial charge in [-0.25, -0.2) is 14.8 Å². The Balaban J connectivity index is 2.15. The maximum atomic E-state index is 12.5. The van der Waals surface area contributed by atoms with Crippen LogP contribution in [0.2, 0.25) is 0 Å². The molecule has 0 aliphatic carbocycles. The molecule has 0 spiro atoms. The van der Waals surface area contributed by atoms with Gasteiger partial charge in [0.25, 0.3) is 0 Å². The first-order valence-electron chi connectivity index (χ1n) is 6.84. The molecule has 122 valence electrons. The molecule has 0 bridgehead atoms. The fourth-order valence-corrected chi connectivity index (χ4v) is 2.43. The summed E-state index contributed by atoms with van der Waals surface area (Å²) in [4.78, 5) is 21.8. The molecule has 9 heteroatoms. The van der Waals surface area contributed by atoms with E-state index in [-0.39, 0.29) is 24.5 Å². The van der Waals surface area contributed by atoms with Crippen LogP contribution in [0.15, 0.2) is 12.4 Å². The summed E-state index contributed by atoms with van der Waals surface area (Å²) in [6, 6.07) is -0.253. The molecule has 1 amide bonds. The van der Waals surface area contributed by atoms with Gasteiger partial charge in [-0.3, -0.25) is 0 Å². The Morgan fingerprint density at radius 1 is 1.32 bits per heavy atom. The summed E-state index contributed by atoms with van der Waals surface area (Å²) in [5.74, 6) is 0.261. The minimum absolute atomic E-state index is 0.0772. The standard InChI is InChI=1S/C13H17F3N4O2/c1-8(2)10-7-19(3-4-20(10)12(21)22)11-17-5-9(6-18-11)13(14,15)16/h5-6,8,10H,3-4,7H2,1-2H3,(H,21,22). The lowest BCUT2D eigenvalue weighted by Crippen LogP contribution is -2.57. The summed E-state index contributed by atoms with van der Waals surface area (Å²) in [5.41, 5.74) is -0.902. The minimum Gasteiger partial charge on any atom is -0.465 e. The van der Waals surface area contributed by atoms with Gasteiger partial charge in [-0.2, -0.15) is 13.2 Å². The lowest BCUT2D eigenvalue weighted by atomic mass is 10.0. The van der Waals surface area contributed by atoms with E-state index in [2.05, 4.69) is 9.97 Å². The number of rotatable bonds is 2. The van der Waals surface area contributed by atoms with Crippen molar-refractivity contribution >= 4 is 12.0 Å². The van der Waals surface area contributed by atoms with Crippen molar-refractivity contribution in [3.63, 3.8) is 0 Å². The minimum atomic E-state index is -4.47. The van der Waals surface area contributed by atoms with Crippen molar-refractivity contribution in [3.05, 3.63) is 18.0 Å². The number of alkyl halides is 3. The summed E-state index contributed by atoms with van der Waals surface area (Å²) in [7, 11) is 0. The molecule has 1 aliphatic heterocycles. The number of carboxylic acid groups (broad SMARTS) is 1. The van der Waals surface area contributed by atoms with E-state index in [1.807, 2.05) is 13.8 Å². The average molecular weight is 318 g/mol. The predicted octanol–water partition coefficient (Wildman–Crippen LogP) is 2.32. The van der Waals surface area contributed by atoms with Crippen LogP contribution in [0.5, 0.6) is 0 Å². The molecule has 2 heterocycles. The second-order valence-corrected chi connectivity index (χ2v) is 5.50. The van der Waals surface area contributed by atoms with Gasteiger partial charge in [-0.15, -0.1) is 0 Å². The highest BCUT2D eigenvalue weighted by molar-refractivity contribution is 5.66. The molecule has 0 aromatic carbocycles. The van der Waals surface area contributed by atoms with Gasteiger partial charge in [0.2, 0.25) is 5.95 Å². The maximum Gasteiger partial charge on any atom is 0.419 e. The van der Waals surface area contributed by atoms with Gasteiger partial charge in [0.15, 0.2) is 0 Å². The zero-order valence-electron chi connectivity index (χ0n) is 12.2. The predicted molar refractivity (Wildman–Crippen MR) is 72.6 cm³/mol. The SMILES string of the molecule is CC(C)C1CN(c2ncc(C(F)(F)F)cn2)CCN1C(=O)O. The van der Waals surface area contributed by atoms with Crippen LogP contribution in [0, 0.1) is 5.92 Å². The van der Waals surface area contributed by atoms with Crippen molar-refractivity contribution in [1.82, 2.24) is 14.9 Å². The van der Waals surface area contributed by atoms with Crippen molar-refractivity contribution in [2.75, 3.05) is 24.5 Å². The largest absolute Gasteiger partial charge is 0.465 e. The van der Waals surface area contributed by atoms with Crippen LogP contribution in [0.25, 0.3) is 0 Å².